The predicted octanol–water partition coefficient (Wildman–Crippen LogP) is 1.76. The van der Waals surface area contributed by atoms with Gasteiger partial charge < -0.3 is 10.1 Å². The Kier molecular flexibility index (Phi) is 6.80. The van der Waals surface area contributed by atoms with Crippen LogP contribution in [0.4, 0.5) is 0 Å². The molecule has 1 aromatic rings. The van der Waals surface area contributed by atoms with E-state index < -0.39 is 10.0 Å². The summed E-state index contributed by atoms with van der Waals surface area (Å²) in [6, 6.07) is 5.36. The molecule has 1 rings (SSSR count). The molecule has 0 saturated carbocycles. The summed E-state index contributed by atoms with van der Waals surface area (Å²) in [7, 11) is -0.0991. The smallest absolute Gasteiger partial charge is 0.243 e. The molecular formula is C15H26N2O3S. The Hall–Kier alpha value is -0.950. The summed E-state index contributed by atoms with van der Waals surface area (Å²) in [5.74, 6) is 0. The summed E-state index contributed by atoms with van der Waals surface area (Å²) in [5, 5.41) is 3.04. The Bertz CT molecular complexity index is 558. The van der Waals surface area contributed by atoms with Crippen LogP contribution in [0.2, 0.25) is 0 Å². The van der Waals surface area contributed by atoms with Crippen molar-refractivity contribution in [2.75, 3.05) is 27.3 Å². The highest BCUT2D eigenvalue weighted by molar-refractivity contribution is 7.89. The van der Waals surface area contributed by atoms with Gasteiger partial charge in [-0.15, -0.1) is 0 Å². The average molecular weight is 314 g/mol. The second-order valence-corrected chi connectivity index (χ2v) is 7.00. The number of hydrogen-bond donors (Lipinski definition) is 1. The number of likely N-dealkylation sites (N-methyl/N-ethyl adjacent to an activating group) is 1. The Morgan fingerprint density at radius 2 is 2.05 bits per heavy atom. The minimum atomic E-state index is -3.52. The predicted molar refractivity (Wildman–Crippen MR) is 84.8 cm³/mol. The second-order valence-electron chi connectivity index (χ2n) is 5.14. The molecule has 0 aliphatic heterocycles. The van der Waals surface area contributed by atoms with Crippen LogP contribution in [0.3, 0.4) is 0 Å². The molecule has 0 aliphatic rings. The van der Waals surface area contributed by atoms with Gasteiger partial charge in [0.1, 0.15) is 0 Å². The van der Waals surface area contributed by atoms with E-state index in [0.717, 1.165) is 11.1 Å². The molecule has 0 heterocycles. The molecule has 1 unspecified atom stereocenters. The van der Waals surface area contributed by atoms with Crippen molar-refractivity contribution >= 4 is 10.0 Å². The van der Waals surface area contributed by atoms with Gasteiger partial charge in [0.05, 0.1) is 11.5 Å². The first-order valence-electron chi connectivity index (χ1n) is 7.13. The third-order valence-electron chi connectivity index (χ3n) is 3.43. The van der Waals surface area contributed by atoms with Crippen molar-refractivity contribution in [2.24, 2.45) is 0 Å². The number of sulfonamides is 1. The molecule has 0 amide bonds. The highest BCUT2D eigenvalue weighted by Crippen LogP contribution is 2.23. The second kappa shape index (κ2) is 7.89. The van der Waals surface area contributed by atoms with Gasteiger partial charge >= 0.3 is 0 Å². The summed E-state index contributed by atoms with van der Waals surface area (Å²) >= 11 is 0. The molecule has 5 nitrogen and oxygen atoms in total. The van der Waals surface area contributed by atoms with Gasteiger partial charge in [0, 0.05) is 26.2 Å². The lowest BCUT2D eigenvalue weighted by atomic mass is 10.1. The lowest BCUT2D eigenvalue weighted by Crippen LogP contribution is -2.41. The largest absolute Gasteiger partial charge is 0.383 e. The highest BCUT2D eigenvalue weighted by atomic mass is 32.2. The van der Waals surface area contributed by atoms with Crippen molar-refractivity contribution in [3.05, 3.63) is 29.3 Å². The van der Waals surface area contributed by atoms with Crippen LogP contribution in [0.15, 0.2) is 23.1 Å². The number of ether oxygens (including phenoxy) is 1. The normalized spacial score (nSPS) is 13.6. The van der Waals surface area contributed by atoms with Gasteiger partial charge in [-0.1, -0.05) is 19.1 Å². The first kappa shape index (κ1) is 18.1. The zero-order chi connectivity index (χ0) is 16.0. The number of hydrogen-bond acceptors (Lipinski definition) is 4. The third kappa shape index (κ3) is 4.26. The molecule has 0 bridgehead atoms. The van der Waals surface area contributed by atoms with Crippen LogP contribution in [-0.4, -0.2) is 46.1 Å². The Labute approximate surface area is 128 Å². The van der Waals surface area contributed by atoms with Crippen molar-refractivity contribution in [3.8, 4) is 0 Å². The van der Waals surface area contributed by atoms with E-state index in [-0.39, 0.29) is 6.04 Å². The minimum absolute atomic E-state index is 0.197. The van der Waals surface area contributed by atoms with E-state index in [9.17, 15) is 8.42 Å². The van der Waals surface area contributed by atoms with Gasteiger partial charge in [-0.2, -0.15) is 4.31 Å². The highest BCUT2D eigenvalue weighted by Gasteiger charge is 2.29. The zero-order valence-corrected chi connectivity index (χ0v) is 14.3. The number of rotatable bonds is 8. The van der Waals surface area contributed by atoms with E-state index in [2.05, 4.69) is 5.32 Å². The monoisotopic (exact) mass is 314 g/mol. The van der Waals surface area contributed by atoms with Gasteiger partial charge in [-0.25, -0.2) is 8.42 Å². The van der Waals surface area contributed by atoms with Gasteiger partial charge in [0.15, 0.2) is 0 Å². The fraction of sp³-hybridized carbons (Fsp3) is 0.600. The molecular weight excluding hydrogens is 288 g/mol. The molecule has 1 N–H and O–H groups in total. The molecule has 0 spiro atoms. The van der Waals surface area contributed by atoms with E-state index >= 15 is 0 Å². The summed E-state index contributed by atoms with van der Waals surface area (Å²) in [6.07, 6.45) is 0. The molecule has 0 saturated heterocycles. The summed E-state index contributed by atoms with van der Waals surface area (Å²) in [6.45, 7) is 6.96. The summed E-state index contributed by atoms with van der Waals surface area (Å²) in [5.41, 5.74) is 1.72. The maximum atomic E-state index is 12.9. The molecule has 0 radical (unpaired) electrons. The number of methoxy groups -OCH3 is 1. The molecule has 0 aromatic heterocycles. The van der Waals surface area contributed by atoms with Crippen molar-refractivity contribution in [3.63, 3.8) is 0 Å². The van der Waals surface area contributed by atoms with Crippen LogP contribution >= 0.6 is 0 Å². The summed E-state index contributed by atoms with van der Waals surface area (Å²) < 4.78 is 32.4. The van der Waals surface area contributed by atoms with Gasteiger partial charge in [-0.3, -0.25) is 0 Å². The quantitative estimate of drug-likeness (QED) is 0.794. The fourth-order valence-corrected chi connectivity index (χ4v) is 4.31. The van der Waals surface area contributed by atoms with Gasteiger partial charge in [0.2, 0.25) is 10.0 Å². The fourth-order valence-electron chi connectivity index (χ4n) is 2.41. The third-order valence-corrected chi connectivity index (χ3v) is 5.66. The average Bonchev–Trinajstić information content (AvgIpc) is 2.41. The van der Waals surface area contributed by atoms with Crippen LogP contribution in [0.5, 0.6) is 0 Å². The Morgan fingerprint density at radius 1 is 1.38 bits per heavy atom. The number of nitrogens with zero attached hydrogens (tertiary/aromatic N) is 1. The molecule has 0 aliphatic carbocycles. The minimum Gasteiger partial charge on any atom is -0.383 e. The first-order chi connectivity index (χ1) is 9.88. The van der Waals surface area contributed by atoms with E-state index in [1.165, 1.54) is 4.31 Å². The Balaban J connectivity index is 3.24. The van der Waals surface area contributed by atoms with Crippen molar-refractivity contribution in [1.82, 2.24) is 9.62 Å². The van der Waals surface area contributed by atoms with Crippen molar-refractivity contribution < 1.29 is 13.2 Å². The van der Waals surface area contributed by atoms with Crippen LogP contribution in [0, 0.1) is 6.92 Å². The van der Waals surface area contributed by atoms with E-state index in [1.807, 2.05) is 40.0 Å². The van der Waals surface area contributed by atoms with E-state index in [1.54, 1.807) is 13.2 Å². The van der Waals surface area contributed by atoms with Crippen LogP contribution in [0.25, 0.3) is 0 Å². The maximum Gasteiger partial charge on any atom is 0.243 e. The number of aryl methyl sites for hydroxylation is 1. The van der Waals surface area contributed by atoms with E-state index in [4.69, 9.17) is 4.74 Å². The first-order valence-corrected chi connectivity index (χ1v) is 8.57. The molecule has 120 valence electrons. The molecule has 6 heteroatoms. The lowest BCUT2D eigenvalue weighted by molar-refractivity contribution is 0.142. The van der Waals surface area contributed by atoms with Crippen molar-refractivity contribution in [2.45, 2.75) is 38.3 Å². The van der Waals surface area contributed by atoms with E-state index in [0.29, 0.717) is 24.6 Å². The topological polar surface area (TPSA) is 58.6 Å². The zero-order valence-electron chi connectivity index (χ0n) is 13.5. The van der Waals surface area contributed by atoms with Crippen LogP contribution in [0.1, 0.15) is 25.0 Å². The number of benzene rings is 1. The lowest BCUT2D eigenvalue weighted by Gasteiger charge is -2.27. The van der Waals surface area contributed by atoms with Crippen LogP contribution in [-0.2, 0) is 21.3 Å². The molecule has 1 aromatic carbocycles. The number of nitrogens with one attached hydrogen (secondary N) is 1. The van der Waals surface area contributed by atoms with Gasteiger partial charge in [-0.05, 0) is 38.1 Å². The molecule has 1 atom stereocenters. The summed E-state index contributed by atoms with van der Waals surface area (Å²) in [4.78, 5) is 0.375. The van der Waals surface area contributed by atoms with Gasteiger partial charge in [0.25, 0.3) is 0 Å². The SMILES string of the molecule is CCN(C(C)COC)S(=O)(=O)c1cc(CNC)ccc1C. The molecule has 21 heavy (non-hydrogen) atoms. The standard InChI is InChI=1S/C15H26N2O3S/c1-6-17(13(3)11-20-5)21(18,19)15-9-14(10-16-4)8-7-12(15)2/h7-9,13,16H,6,10-11H2,1-5H3. The Morgan fingerprint density at radius 3 is 2.57 bits per heavy atom. The molecule has 0 fully saturated rings. The maximum absolute atomic E-state index is 12.9. The van der Waals surface area contributed by atoms with Crippen LogP contribution < -0.4 is 5.32 Å². The van der Waals surface area contributed by atoms with Crippen molar-refractivity contribution in [1.29, 1.82) is 0 Å².